The fraction of sp³-hybridized carbons (Fsp3) is 0.125. The van der Waals surface area contributed by atoms with Gasteiger partial charge in [-0.1, -0.05) is 42.5 Å². The third-order valence-corrected chi connectivity index (χ3v) is 5.64. The normalized spacial score (nSPS) is 11.6. The van der Waals surface area contributed by atoms with Crippen molar-refractivity contribution in [2.45, 2.75) is 12.5 Å². The first-order valence-corrected chi connectivity index (χ1v) is 10.8. The van der Waals surface area contributed by atoms with E-state index in [0.717, 1.165) is 28.2 Å². The van der Waals surface area contributed by atoms with Gasteiger partial charge in [0.05, 0.1) is 5.51 Å². The van der Waals surface area contributed by atoms with Crippen molar-refractivity contribution in [3.63, 3.8) is 0 Å². The number of pyridine rings is 1. The minimum Gasteiger partial charge on any atom is -0.384 e. The number of benzene rings is 2. The molecule has 2 heterocycles. The summed E-state index contributed by atoms with van der Waals surface area (Å²) >= 11 is 1.51. The molecule has 0 aliphatic heterocycles. The van der Waals surface area contributed by atoms with Gasteiger partial charge in [0.2, 0.25) is 5.91 Å². The number of nitrogens with two attached hydrogens (primary N) is 1. The van der Waals surface area contributed by atoms with Crippen molar-refractivity contribution < 1.29 is 4.79 Å². The zero-order valence-corrected chi connectivity index (χ0v) is 17.9. The molecule has 0 saturated carbocycles. The van der Waals surface area contributed by atoms with Gasteiger partial charge < -0.3 is 16.0 Å². The van der Waals surface area contributed by atoms with Gasteiger partial charge in [0.15, 0.2) is 0 Å². The Labute approximate surface area is 185 Å². The van der Waals surface area contributed by atoms with Gasteiger partial charge in [-0.2, -0.15) is 0 Å². The highest BCUT2D eigenvalue weighted by Gasteiger charge is 2.25. The van der Waals surface area contributed by atoms with Crippen molar-refractivity contribution in [1.82, 2.24) is 9.97 Å². The molecule has 2 aromatic carbocycles. The maximum Gasteiger partial charge on any atom is 0.247 e. The van der Waals surface area contributed by atoms with Gasteiger partial charge in [-0.15, -0.1) is 11.3 Å². The lowest BCUT2D eigenvalue weighted by atomic mass is 10.0. The van der Waals surface area contributed by atoms with Crippen LogP contribution in [0.25, 0.3) is 11.1 Å². The molecule has 0 radical (unpaired) electrons. The molecular weight excluding hydrogens is 406 g/mol. The lowest BCUT2D eigenvalue weighted by Crippen LogP contribution is -2.43. The van der Waals surface area contributed by atoms with E-state index in [1.807, 2.05) is 84.1 Å². The van der Waals surface area contributed by atoms with E-state index < -0.39 is 6.04 Å². The zero-order chi connectivity index (χ0) is 21.6. The van der Waals surface area contributed by atoms with Crippen molar-refractivity contribution in [2.75, 3.05) is 23.0 Å². The van der Waals surface area contributed by atoms with Crippen LogP contribution in [0.2, 0.25) is 0 Å². The number of rotatable bonds is 7. The SMILES string of the molecule is CN(c1cscn1)[C@@H](Cc1ccccc1)C(=O)Nc1cccc(-c2ccnc(N)c2)c1. The molecule has 0 spiro atoms. The van der Waals surface area contributed by atoms with Crippen LogP contribution in [-0.4, -0.2) is 29.0 Å². The van der Waals surface area contributed by atoms with Crippen LogP contribution in [-0.2, 0) is 11.2 Å². The molecule has 0 bridgehead atoms. The Hall–Kier alpha value is -3.71. The minimum atomic E-state index is -0.412. The maximum absolute atomic E-state index is 13.3. The molecule has 0 unspecified atom stereocenters. The number of carbonyl (C=O) groups excluding carboxylic acids is 1. The van der Waals surface area contributed by atoms with E-state index in [1.165, 1.54) is 11.3 Å². The summed E-state index contributed by atoms with van der Waals surface area (Å²) < 4.78 is 0. The van der Waals surface area contributed by atoms with E-state index >= 15 is 0 Å². The third-order valence-electron chi connectivity index (χ3n) is 5.07. The Morgan fingerprint density at radius 1 is 1.06 bits per heavy atom. The average Bonchev–Trinajstić information content (AvgIpc) is 3.33. The molecule has 0 fully saturated rings. The van der Waals surface area contributed by atoms with Crippen LogP contribution in [0.5, 0.6) is 0 Å². The largest absolute Gasteiger partial charge is 0.384 e. The van der Waals surface area contributed by atoms with E-state index in [0.29, 0.717) is 12.2 Å². The Morgan fingerprint density at radius 3 is 2.61 bits per heavy atom. The molecule has 7 heteroatoms. The zero-order valence-electron chi connectivity index (χ0n) is 17.1. The number of anilines is 3. The van der Waals surface area contributed by atoms with E-state index in [1.54, 1.807) is 11.7 Å². The molecular formula is C24H23N5OS. The summed E-state index contributed by atoms with van der Waals surface area (Å²) in [7, 11) is 1.90. The third kappa shape index (κ3) is 5.07. The topological polar surface area (TPSA) is 84.1 Å². The Balaban J connectivity index is 1.58. The molecule has 1 atom stereocenters. The number of carbonyl (C=O) groups is 1. The van der Waals surface area contributed by atoms with Crippen molar-refractivity contribution in [1.29, 1.82) is 0 Å². The molecule has 0 saturated heterocycles. The molecule has 1 amide bonds. The quantitative estimate of drug-likeness (QED) is 0.453. The standard InChI is InChI=1S/C24H23N5OS/c1-29(23-15-31-16-27-23)21(12-17-6-3-2-4-7-17)24(30)28-20-9-5-8-18(13-20)19-10-11-26-22(25)14-19/h2-11,13-16,21H,12H2,1H3,(H2,25,26)(H,28,30)/t21-/m0/s1. The molecule has 4 aromatic rings. The number of amides is 1. The Kier molecular flexibility index (Phi) is 6.24. The monoisotopic (exact) mass is 429 g/mol. The van der Waals surface area contributed by atoms with Gasteiger partial charge in [0.1, 0.15) is 17.7 Å². The van der Waals surface area contributed by atoms with Crippen molar-refractivity contribution in [3.05, 3.63) is 89.4 Å². The van der Waals surface area contributed by atoms with Crippen LogP contribution in [0.3, 0.4) is 0 Å². The number of nitrogen functional groups attached to an aromatic ring is 1. The van der Waals surface area contributed by atoms with Crippen LogP contribution < -0.4 is 16.0 Å². The van der Waals surface area contributed by atoms with Crippen LogP contribution in [0.15, 0.2) is 83.8 Å². The van der Waals surface area contributed by atoms with E-state index in [2.05, 4.69) is 15.3 Å². The van der Waals surface area contributed by atoms with E-state index in [4.69, 9.17) is 5.73 Å². The number of likely N-dealkylation sites (N-methyl/N-ethyl adjacent to an activating group) is 1. The second-order valence-electron chi connectivity index (χ2n) is 7.20. The lowest BCUT2D eigenvalue weighted by molar-refractivity contribution is -0.117. The van der Waals surface area contributed by atoms with Crippen LogP contribution in [0, 0.1) is 0 Å². The van der Waals surface area contributed by atoms with Crippen molar-refractivity contribution in [2.24, 2.45) is 0 Å². The van der Waals surface area contributed by atoms with Crippen LogP contribution in [0.1, 0.15) is 5.56 Å². The van der Waals surface area contributed by atoms with Gasteiger partial charge in [-0.05, 0) is 41.0 Å². The summed E-state index contributed by atoms with van der Waals surface area (Å²) in [5.41, 5.74) is 11.3. The van der Waals surface area contributed by atoms with Gasteiger partial charge in [0.25, 0.3) is 0 Å². The van der Waals surface area contributed by atoms with Crippen LogP contribution in [0.4, 0.5) is 17.3 Å². The van der Waals surface area contributed by atoms with E-state index in [-0.39, 0.29) is 5.91 Å². The summed E-state index contributed by atoms with van der Waals surface area (Å²) in [4.78, 5) is 23.7. The second-order valence-corrected chi connectivity index (χ2v) is 7.92. The first-order valence-electron chi connectivity index (χ1n) is 9.88. The van der Waals surface area contributed by atoms with Crippen molar-refractivity contribution in [3.8, 4) is 11.1 Å². The molecule has 2 aromatic heterocycles. The molecule has 6 nitrogen and oxygen atoms in total. The lowest BCUT2D eigenvalue weighted by Gasteiger charge is -2.27. The molecule has 3 N–H and O–H groups in total. The molecule has 31 heavy (non-hydrogen) atoms. The Morgan fingerprint density at radius 2 is 1.87 bits per heavy atom. The summed E-state index contributed by atoms with van der Waals surface area (Å²) in [6.07, 6.45) is 2.25. The highest BCUT2D eigenvalue weighted by Crippen LogP contribution is 2.24. The predicted octanol–water partition coefficient (Wildman–Crippen LogP) is 4.47. The molecule has 4 rings (SSSR count). The maximum atomic E-state index is 13.3. The molecule has 156 valence electrons. The second kappa shape index (κ2) is 9.40. The predicted molar refractivity (Wildman–Crippen MR) is 127 cm³/mol. The first kappa shape index (κ1) is 20.6. The molecule has 0 aliphatic carbocycles. The summed E-state index contributed by atoms with van der Waals surface area (Å²) in [6.45, 7) is 0. The number of nitrogens with one attached hydrogen (secondary N) is 1. The number of nitrogens with zero attached hydrogens (tertiary/aromatic N) is 3. The first-order chi connectivity index (χ1) is 15.1. The summed E-state index contributed by atoms with van der Waals surface area (Å²) in [6, 6.07) is 21.0. The van der Waals surface area contributed by atoms with Gasteiger partial charge in [-0.25, -0.2) is 9.97 Å². The highest BCUT2D eigenvalue weighted by atomic mass is 32.1. The number of hydrogen-bond acceptors (Lipinski definition) is 6. The fourth-order valence-corrected chi connectivity index (χ4v) is 3.99. The highest BCUT2D eigenvalue weighted by molar-refractivity contribution is 7.07. The smallest absolute Gasteiger partial charge is 0.247 e. The average molecular weight is 430 g/mol. The van der Waals surface area contributed by atoms with Crippen molar-refractivity contribution >= 4 is 34.6 Å². The number of thiazole rings is 1. The summed E-state index contributed by atoms with van der Waals surface area (Å²) in [5.74, 6) is 1.15. The fourth-order valence-electron chi connectivity index (χ4n) is 3.41. The molecule has 0 aliphatic rings. The number of hydrogen-bond donors (Lipinski definition) is 2. The number of aromatic nitrogens is 2. The minimum absolute atomic E-state index is 0.0919. The van der Waals surface area contributed by atoms with Gasteiger partial charge in [-0.3, -0.25) is 4.79 Å². The van der Waals surface area contributed by atoms with Crippen LogP contribution >= 0.6 is 11.3 Å². The summed E-state index contributed by atoms with van der Waals surface area (Å²) in [5, 5.41) is 5.02. The van der Waals surface area contributed by atoms with Gasteiger partial charge >= 0.3 is 0 Å². The Bertz CT molecular complexity index is 1150. The van der Waals surface area contributed by atoms with Gasteiger partial charge in [0, 0.05) is 30.7 Å². The van der Waals surface area contributed by atoms with E-state index in [9.17, 15) is 4.79 Å².